The molecule has 2 atom stereocenters. The number of hydrogen-bond acceptors (Lipinski definition) is 8. The van der Waals surface area contributed by atoms with Crippen LogP contribution in [0.25, 0.3) is 0 Å². The number of nitrogens with one attached hydrogen (secondary N) is 1. The number of nitrogens with zero attached hydrogens (tertiary/aromatic N) is 6. The SMILES string of the molecule is CN1CCN(C2(C)C=CC(Nc3ncc4c(n3)N(C)CN(c3c(Cl)cccc3Cl)C4=O)=CC2)[C@H](CO)C1. The van der Waals surface area contributed by atoms with Crippen LogP contribution in [0, 0.1) is 0 Å². The van der Waals surface area contributed by atoms with Gasteiger partial charge in [-0.2, -0.15) is 4.98 Å². The molecule has 0 saturated carbocycles. The number of aliphatic hydroxyl groups is 1. The number of carbonyl (C=O) groups is 1. The number of para-hydroxylation sites is 1. The first-order valence-corrected chi connectivity index (χ1v) is 13.0. The number of aliphatic hydroxyl groups excluding tert-OH is 1. The molecule has 3 heterocycles. The smallest absolute Gasteiger partial charge is 0.265 e. The molecular formula is C26H31Cl2N7O2. The number of piperazine rings is 1. The monoisotopic (exact) mass is 543 g/mol. The molecule has 37 heavy (non-hydrogen) atoms. The average molecular weight is 544 g/mol. The molecule has 1 unspecified atom stereocenters. The molecule has 0 spiro atoms. The van der Waals surface area contributed by atoms with E-state index in [4.69, 9.17) is 23.2 Å². The Labute approximate surface area is 227 Å². The van der Waals surface area contributed by atoms with Gasteiger partial charge >= 0.3 is 0 Å². The first-order valence-electron chi connectivity index (χ1n) is 12.3. The van der Waals surface area contributed by atoms with Crippen molar-refractivity contribution in [1.29, 1.82) is 0 Å². The van der Waals surface area contributed by atoms with Crippen molar-refractivity contribution in [2.24, 2.45) is 0 Å². The molecule has 9 nitrogen and oxygen atoms in total. The third-order valence-corrected chi connectivity index (χ3v) is 7.94. The van der Waals surface area contributed by atoms with Crippen molar-refractivity contribution in [3.8, 4) is 0 Å². The zero-order valence-electron chi connectivity index (χ0n) is 21.2. The standard InChI is InChI=1S/C26H31Cl2N7O2/c1-26(35-12-11-32(2)14-18(35)15-36)9-7-17(8-10-26)30-25-29-13-19-23(31-25)33(3)16-34(24(19)37)22-20(27)5-4-6-21(22)28/h4-9,13,18,36H,10-12,14-16H2,1-3H3,(H,29,30,31)/t18-,26?/m0/s1. The molecule has 2 N–H and O–H groups in total. The summed E-state index contributed by atoms with van der Waals surface area (Å²) < 4.78 is 0. The van der Waals surface area contributed by atoms with Gasteiger partial charge in [0.1, 0.15) is 11.4 Å². The Morgan fingerprint density at radius 1 is 1.22 bits per heavy atom. The third-order valence-electron chi connectivity index (χ3n) is 7.33. The fourth-order valence-corrected chi connectivity index (χ4v) is 5.88. The highest BCUT2D eigenvalue weighted by molar-refractivity contribution is 6.40. The van der Waals surface area contributed by atoms with Crippen molar-refractivity contribution < 1.29 is 9.90 Å². The molecule has 1 fully saturated rings. The highest BCUT2D eigenvalue weighted by Gasteiger charge is 2.38. The summed E-state index contributed by atoms with van der Waals surface area (Å²) in [5.74, 6) is 0.693. The Bertz CT molecular complexity index is 1250. The first kappa shape index (κ1) is 25.9. The summed E-state index contributed by atoms with van der Waals surface area (Å²) >= 11 is 12.7. The maximum absolute atomic E-state index is 13.3. The Balaban J connectivity index is 1.31. The van der Waals surface area contributed by atoms with Gasteiger partial charge in [0.2, 0.25) is 5.95 Å². The van der Waals surface area contributed by atoms with Crippen molar-refractivity contribution in [1.82, 2.24) is 19.8 Å². The second-order valence-corrected chi connectivity index (χ2v) is 10.9. The Kier molecular flexibility index (Phi) is 7.17. The van der Waals surface area contributed by atoms with Crippen LogP contribution in [0.4, 0.5) is 17.5 Å². The number of benzene rings is 1. The van der Waals surface area contributed by atoms with Gasteiger partial charge in [-0.1, -0.05) is 41.4 Å². The second-order valence-electron chi connectivity index (χ2n) is 10.0. The van der Waals surface area contributed by atoms with E-state index < -0.39 is 0 Å². The number of fused-ring (bicyclic) bond motifs is 1. The number of allylic oxidation sites excluding steroid dienone is 1. The number of carbonyl (C=O) groups excluding carboxylic acids is 1. The normalized spacial score (nSPS) is 24.8. The first-order chi connectivity index (χ1) is 17.7. The van der Waals surface area contributed by atoms with Gasteiger partial charge in [-0.15, -0.1) is 0 Å². The van der Waals surface area contributed by atoms with Crippen LogP contribution in [0.15, 0.2) is 48.3 Å². The molecule has 5 rings (SSSR count). The lowest BCUT2D eigenvalue weighted by Crippen LogP contribution is -2.61. The topological polar surface area (TPSA) is 88.1 Å². The Hall–Kier alpha value is -2.69. The van der Waals surface area contributed by atoms with Crippen LogP contribution in [0.2, 0.25) is 10.0 Å². The summed E-state index contributed by atoms with van der Waals surface area (Å²) in [5.41, 5.74) is 1.56. The average Bonchev–Trinajstić information content (AvgIpc) is 2.88. The summed E-state index contributed by atoms with van der Waals surface area (Å²) in [4.78, 5) is 30.4. The van der Waals surface area contributed by atoms with Crippen LogP contribution in [0.1, 0.15) is 23.7 Å². The van der Waals surface area contributed by atoms with Crippen LogP contribution in [0.5, 0.6) is 0 Å². The van der Waals surface area contributed by atoms with E-state index in [-0.39, 0.29) is 30.8 Å². The highest BCUT2D eigenvalue weighted by atomic mass is 35.5. The molecule has 2 aliphatic heterocycles. The van der Waals surface area contributed by atoms with Gasteiger partial charge in [-0.05, 0) is 38.6 Å². The predicted molar refractivity (Wildman–Crippen MR) is 148 cm³/mol. The van der Waals surface area contributed by atoms with E-state index in [1.807, 2.05) is 18.0 Å². The van der Waals surface area contributed by atoms with Crippen LogP contribution < -0.4 is 15.1 Å². The minimum atomic E-state index is -0.257. The molecule has 0 radical (unpaired) electrons. The lowest BCUT2D eigenvalue weighted by Gasteiger charge is -2.49. The maximum atomic E-state index is 13.3. The van der Waals surface area contributed by atoms with Gasteiger partial charge in [-0.25, -0.2) is 4.98 Å². The highest BCUT2D eigenvalue weighted by Crippen LogP contribution is 2.37. The fourth-order valence-electron chi connectivity index (χ4n) is 5.28. The van der Waals surface area contributed by atoms with E-state index in [1.54, 1.807) is 18.2 Å². The minimum absolute atomic E-state index is 0.105. The van der Waals surface area contributed by atoms with Gasteiger partial charge in [0.25, 0.3) is 5.91 Å². The number of anilines is 3. The van der Waals surface area contributed by atoms with Crippen LogP contribution in [-0.4, -0.2) is 89.4 Å². The molecule has 1 amide bonds. The zero-order valence-corrected chi connectivity index (χ0v) is 22.7. The van der Waals surface area contributed by atoms with Crippen LogP contribution in [0.3, 0.4) is 0 Å². The van der Waals surface area contributed by atoms with Crippen molar-refractivity contribution in [3.05, 3.63) is 63.9 Å². The molecule has 1 saturated heterocycles. The molecule has 1 aromatic heterocycles. The van der Waals surface area contributed by atoms with Crippen molar-refractivity contribution in [3.63, 3.8) is 0 Å². The van der Waals surface area contributed by atoms with Gasteiger partial charge in [0.15, 0.2) is 0 Å². The molecule has 2 aromatic rings. The molecule has 196 valence electrons. The second kappa shape index (κ2) is 10.2. The summed E-state index contributed by atoms with van der Waals surface area (Å²) in [7, 11) is 3.95. The van der Waals surface area contributed by atoms with E-state index in [1.165, 1.54) is 11.1 Å². The Morgan fingerprint density at radius 3 is 2.65 bits per heavy atom. The molecule has 0 bridgehead atoms. The minimum Gasteiger partial charge on any atom is -0.395 e. The number of hydrogen-bond donors (Lipinski definition) is 2. The predicted octanol–water partition coefficient (Wildman–Crippen LogP) is 3.46. The molecular weight excluding hydrogens is 513 g/mol. The fraction of sp³-hybridized carbons (Fsp3) is 0.423. The molecule has 1 aromatic carbocycles. The lowest BCUT2D eigenvalue weighted by atomic mass is 9.88. The molecule has 1 aliphatic carbocycles. The van der Waals surface area contributed by atoms with Crippen molar-refractivity contribution >= 4 is 46.6 Å². The number of likely N-dealkylation sites (N-methyl/N-ethyl adjacent to an activating group) is 1. The van der Waals surface area contributed by atoms with Crippen molar-refractivity contribution in [2.45, 2.75) is 24.9 Å². The van der Waals surface area contributed by atoms with Gasteiger partial charge < -0.3 is 20.2 Å². The number of aromatic nitrogens is 2. The molecule has 11 heteroatoms. The maximum Gasteiger partial charge on any atom is 0.265 e. The van der Waals surface area contributed by atoms with Crippen LogP contribution >= 0.6 is 23.2 Å². The van der Waals surface area contributed by atoms with E-state index >= 15 is 0 Å². The van der Waals surface area contributed by atoms with Gasteiger partial charge in [-0.3, -0.25) is 14.6 Å². The van der Waals surface area contributed by atoms with Gasteiger partial charge in [0.05, 0.1) is 29.0 Å². The van der Waals surface area contributed by atoms with E-state index in [0.29, 0.717) is 33.1 Å². The summed E-state index contributed by atoms with van der Waals surface area (Å²) in [5, 5.41) is 14.0. The number of halogens is 2. The quantitative estimate of drug-likeness (QED) is 0.592. The number of amides is 1. The largest absolute Gasteiger partial charge is 0.395 e. The summed E-state index contributed by atoms with van der Waals surface area (Å²) in [6.07, 6.45) is 8.68. The van der Waals surface area contributed by atoms with Crippen molar-refractivity contribution in [2.75, 3.05) is 62.1 Å². The molecule has 3 aliphatic rings. The lowest BCUT2D eigenvalue weighted by molar-refractivity contribution is -0.00154. The summed E-state index contributed by atoms with van der Waals surface area (Å²) in [6, 6.07) is 5.26. The third kappa shape index (κ3) is 4.94. The van der Waals surface area contributed by atoms with E-state index in [2.05, 4.69) is 51.2 Å². The van der Waals surface area contributed by atoms with E-state index in [9.17, 15) is 9.90 Å². The summed E-state index contributed by atoms with van der Waals surface area (Å²) in [6.45, 7) is 5.33. The van der Waals surface area contributed by atoms with E-state index in [0.717, 1.165) is 31.8 Å². The van der Waals surface area contributed by atoms with Gasteiger partial charge in [0, 0.05) is 50.2 Å². The van der Waals surface area contributed by atoms with Crippen LogP contribution in [-0.2, 0) is 0 Å². The Morgan fingerprint density at radius 2 is 1.97 bits per heavy atom. The number of rotatable bonds is 5. The zero-order chi connectivity index (χ0) is 26.3.